The number of rotatable bonds is 7. The molecule has 1 heterocycles. The monoisotopic (exact) mass is 351 g/mol. The van der Waals surface area contributed by atoms with E-state index in [1.165, 1.54) is 0 Å². The standard InChI is InChI=1S/C17H25N3O3S/c1-6-17(23-5,15-10-8-7-9-11-15)12-18-24(21,22)16-13(2)19-20(4)14(16)3/h7-11,18H,6,12H2,1-5H3/t17-/m1/s1. The van der Waals surface area contributed by atoms with Gasteiger partial charge in [0.25, 0.3) is 0 Å². The molecule has 0 spiro atoms. The number of hydrogen-bond donors (Lipinski definition) is 1. The molecule has 0 fully saturated rings. The Morgan fingerprint density at radius 3 is 2.33 bits per heavy atom. The minimum atomic E-state index is -3.68. The predicted molar refractivity (Wildman–Crippen MR) is 93.3 cm³/mol. The van der Waals surface area contributed by atoms with Crippen LogP contribution in [-0.2, 0) is 27.4 Å². The second-order valence-corrected chi connectivity index (χ2v) is 7.57. The van der Waals surface area contributed by atoms with E-state index in [1.54, 1.807) is 32.7 Å². The van der Waals surface area contributed by atoms with Gasteiger partial charge in [-0.05, 0) is 25.8 Å². The van der Waals surface area contributed by atoms with Crippen molar-refractivity contribution >= 4 is 10.0 Å². The number of nitrogens with one attached hydrogen (secondary N) is 1. The third-order valence-corrected chi connectivity index (χ3v) is 6.17. The quantitative estimate of drug-likeness (QED) is 0.830. The van der Waals surface area contributed by atoms with Crippen molar-refractivity contribution < 1.29 is 13.2 Å². The highest BCUT2D eigenvalue weighted by Crippen LogP contribution is 2.29. The Morgan fingerprint density at radius 2 is 1.88 bits per heavy atom. The molecule has 1 N–H and O–H groups in total. The molecule has 132 valence electrons. The van der Waals surface area contributed by atoms with Crippen molar-refractivity contribution in [3.63, 3.8) is 0 Å². The molecule has 6 nitrogen and oxygen atoms in total. The van der Waals surface area contributed by atoms with Gasteiger partial charge in [-0.1, -0.05) is 37.3 Å². The minimum Gasteiger partial charge on any atom is -0.372 e. The van der Waals surface area contributed by atoms with Crippen molar-refractivity contribution in [3.05, 3.63) is 47.3 Å². The molecule has 0 aliphatic heterocycles. The first-order valence-electron chi connectivity index (χ1n) is 7.88. The van der Waals surface area contributed by atoms with Crippen molar-refractivity contribution in [1.82, 2.24) is 14.5 Å². The van der Waals surface area contributed by atoms with Crippen LogP contribution in [0.15, 0.2) is 35.2 Å². The molecule has 1 aromatic carbocycles. The molecule has 1 atom stereocenters. The molecule has 0 radical (unpaired) electrons. The van der Waals surface area contributed by atoms with Gasteiger partial charge in [0.2, 0.25) is 10.0 Å². The van der Waals surface area contributed by atoms with Gasteiger partial charge in [0, 0.05) is 20.7 Å². The van der Waals surface area contributed by atoms with E-state index in [4.69, 9.17) is 4.74 Å². The van der Waals surface area contributed by atoms with Crippen LogP contribution in [0.5, 0.6) is 0 Å². The zero-order chi connectivity index (χ0) is 18.0. The topological polar surface area (TPSA) is 73.2 Å². The Kier molecular flexibility index (Phi) is 5.47. The third-order valence-electron chi connectivity index (χ3n) is 4.52. The van der Waals surface area contributed by atoms with Crippen LogP contribution < -0.4 is 4.72 Å². The molecule has 0 saturated carbocycles. The highest BCUT2D eigenvalue weighted by Gasteiger charge is 2.33. The van der Waals surface area contributed by atoms with Crippen LogP contribution in [0.3, 0.4) is 0 Å². The summed E-state index contributed by atoms with van der Waals surface area (Å²) in [6.45, 7) is 5.57. The maximum Gasteiger partial charge on any atom is 0.244 e. The van der Waals surface area contributed by atoms with Crippen LogP contribution in [0.1, 0.15) is 30.3 Å². The Labute approximate surface area is 143 Å². The Morgan fingerprint density at radius 1 is 1.25 bits per heavy atom. The molecule has 2 rings (SSSR count). The fourth-order valence-corrected chi connectivity index (χ4v) is 4.45. The van der Waals surface area contributed by atoms with Gasteiger partial charge >= 0.3 is 0 Å². The highest BCUT2D eigenvalue weighted by molar-refractivity contribution is 7.89. The molecule has 0 saturated heterocycles. The zero-order valence-electron chi connectivity index (χ0n) is 14.8. The maximum atomic E-state index is 12.8. The van der Waals surface area contributed by atoms with E-state index < -0.39 is 15.6 Å². The highest BCUT2D eigenvalue weighted by atomic mass is 32.2. The summed E-state index contributed by atoms with van der Waals surface area (Å²) in [5, 5.41) is 4.19. The molecule has 24 heavy (non-hydrogen) atoms. The van der Waals surface area contributed by atoms with Crippen LogP contribution in [0.2, 0.25) is 0 Å². The number of methoxy groups -OCH3 is 1. The number of nitrogens with zero attached hydrogens (tertiary/aromatic N) is 2. The van der Waals surface area contributed by atoms with Crippen molar-refractivity contribution in [2.45, 2.75) is 37.7 Å². The second-order valence-electron chi connectivity index (χ2n) is 5.87. The summed E-state index contributed by atoms with van der Waals surface area (Å²) in [6.07, 6.45) is 0.640. The molecular weight excluding hydrogens is 326 g/mol. The van der Waals surface area contributed by atoms with E-state index in [2.05, 4.69) is 9.82 Å². The smallest absolute Gasteiger partial charge is 0.244 e. The molecular formula is C17H25N3O3S. The fourth-order valence-electron chi connectivity index (χ4n) is 2.93. The van der Waals surface area contributed by atoms with Crippen LogP contribution in [-0.4, -0.2) is 31.9 Å². The van der Waals surface area contributed by atoms with Crippen LogP contribution >= 0.6 is 0 Å². The maximum absolute atomic E-state index is 12.8. The van der Waals surface area contributed by atoms with Crippen molar-refractivity contribution in [3.8, 4) is 0 Å². The van der Waals surface area contributed by atoms with Crippen LogP contribution in [0.4, 0.5) is 0 Å². The number of hydrogen-bond acceptors (Lipinski definition) is 4. The van der Waals surface area contributed by atoms with Crippen LogP contribution in [0.25, 0.3) is 0 Å². The van der Waals surface area contributed by atoms with Crippen molar-refractivity contribution in [1.29, 1.82) is 0 Å². The van der Waals surface area contributed by atoms with Gasteiger partial charge in [-0.2, -0.15) is 5.10 Å². The first-order valence-corrected chi connectivity index (χ1v) is 9.36. The normalized spacial score (nSPS) is 14.5. The van der Waals surface area contributed by atoms with Crippen molar-refractivity contribution in [2.24, 2.45) is 7.05 Å². The van der Waals surface area contributed by atoms with Crippen LogP contribution in [0, 0.1) is 13.8 Å². The number of aryl methyl sites for hydroxylation is 2. The lowest BCUT2D eigenvalue weighted by molar-refractivity contribution is -0.0133. The van der Waals surface area contributed by atoms with E-state index in [-0.39, 0.29) is 11.4 Å². The molecule has 0 bridgehead atoms. The summed E-state index contributed by atoms with van der Waals surface area (Å²) < 4.78 is 35.6. The molecule has 0 aliphatic carbocycles. The van der Waals surface area contributed by atoms with Gasteiger partial charge < -0.3 is 4.74 Å². The number of sulfonamides is 1. The second kappa shape index (κ2) is 7.04. The van der Waals surface area contributed by atoms with E-state index in [1.807, 2.05) is 37.3 Å². The summed E-state index contributed by atoms with van der Waals surface area (Å²) in [5.41, 5.74) is 1.33. The Balaban J connectivity index is 2.33. The summed E-state index contributed by atoms with van der Waals surface area (Å²) in [7, 11) is -0.340. The number of benzene rings is 1. The molecule has 2 aromatic rings. The average Bonchev–Trinajstić information content (AvgIpc) is 2.83. The summed E-state index contributed by atoms with van der Waals surface area (Å²) >= 11 is 0. The molecule has 0 amide bonds. The minimum absolute atomic E-state index is 0.153. The van der Waals surface area contributed by atoms with E-state index in [0.29, 0.717) is 17.8 Å². The van der Waals surface area contributed by atoms with E-state index in [9.17, 15) is 8.42 Å². The molecule has 0 unspecified atom stereocenters. The summed E-state index contributed by atoms with van der Waals surface area (Å²) in [6, 6.07) is 9.65. The predicted octanol–water partition coefficient (Wildman–Crippen LogP) is 2.27. The lowest BCUT2D eigenvalue weighted by atomic mass is 9.91. The summed E-state index contributed by atoms with van der Waals surface area (Å²) in [5.74, 6) is 0. The summed E-state index contributed by atoms with van der Waals surface area (Å²) in [4.78, 5) is 0.235. The number of ether oxygens (including phenoxy) is 1. The molecule has 7 heteroatoms. The van der Waals surface area contributed by atoms with Gasteiger partial charge in [0.15, 0.2) is 0 Å². The van der Waals surface area contributed by atoms with Crippen molar-refractivity contribution in [2.75, 3.05) is 13.7 Å². The Hall–Kier alpha value is -1.70. The van der Waals surface area contributed by atoms with E-state index in [0.717, 1.165) is 5.56 Å². The lowest BCUT2D eigenvalue weighted by Gasteiger charge is -2.32. The third kappa shape index (κ3) is 3.38. The SMILES string of the molecule is CC[C@](CNS(=O)(=O)c1c(C)nn(C)c1C)(OC)c1ccccc1. The largest absolute Gasteiger partial charge is 0.372 e. The molecule has 1 aromatic heterocycles. The van der Waals surface area contributed by atoms with Gasteiger partial charge in [0.05, 0.1) is 11.4 Å². The lowest BCUT2D eigenvalue weighted by Crippen LogP contribution is -2.42. The fraction of sp³-hybridized carbons (Fsp3) is 0.471. The first kappa shape index (κ1) is 18.6. The zero-order valence-corrected chi connectivity index (χ0v) is 15.6. The molecule has 0 aliphatic rings. The van der Waals surface area contributed by atoms with E-state index >= 15 is 0 Å². The van der Waals surface area contributed by atoms with Gasteiger partial charge in [0.1, 0.15) is 10.5 Å². The first-order chi connectivity index (χ1) is 11.3. The van der Waals surface area contributed by atoms with Gasteiger partial charge in [-0.15, -0.1) is 0 Å². The average molecular weight is 351 g/mol. The van der Waals surface area contributed by atoms with Gasteiger partial charge in [-0.3, -0.25) is 4.68 Å². The Bertz CT molecular complexity index is 794. The number of aromatic nitrogens is 2. The van der Waals surface area contributed by atoms with Gasteiger partial charge in [-0.25, -0.2) is 13.1 Å².